The molecule has 0 saturated heterocycles. The lowest BCUT2D eigenvalue weighted by molar-refractivity contribution is 0.408. The minimum atomic E-state index is 0.169. The van der Waals surface area contributed by atoms with E-state index in [1.54, 1.807) is 6.07 Å². The summed E-state index contributed by atoms with van der Waals surface area (Å²) in [6.45, 7) is 0.861. The third kappa shape index (κ3) is 2.12. The van der Waals surface area contributed by atoms with Gasteiger partial charge in [0.1, 0.15) is 0 Å². The first-order valence-corrected chi connectivity index (χ1v) is 7.23. The molecule has 98 valence electrons. The first-order valence-electron chi connectivity index (χ1n) is 7.23. The number of aromatic nitrogens is 1. The van der Waals surface area contributed by atoms with Crippen molar-refractivity contribution in [2.45, 2.75) is 57.5 Å². The molecule has 2 unspecified atom stereocenters. The van der Waals surface area contributed by atoms with Crippen molar-refractivity contribution >= 4 is 0 Å². The summed E-state index contributed by atoms with van der Waals surface area (Å²) in [6.07, 6.45) is 8.13. The topological polar surface area (TPSA) is 48.0 Å². The molecule has 1 saturated carbocycles. The average molecular weight is 246 g/mol. The van der Waals surface area contributed by atoms with Crippen molar-refractivity contribution < 1.29 is 0 Å². The Hall–Kier alpha value is -1.09. The highest BCUT2D eigenvalue weighted by Crippen LogP contribution is 2.28. The van der Waals surface area contributed by atoms with Gasteiger partial charge < -0.3 is 10.3 Å². The van der Waals surface area contributed by atoms with Crippen LogP contribution in [0.15, 0.2) is 16.9 Å². The first kappa shape index (κ1) is 12.0. The molecule has 0 spiro atoms. The molecule has 1 aromatic heterocycles. The number of aryl methyl sites for hydroxylation is 1. The number of nitrogens with two attached hydrogens (primary N) is 1. The zero-order chi connectivity index (χ0) is 12.5. The monoisotopic (exact) mass is 246 g/mol. The molecule has 0 aromatic carbocycles. The second-order valence-electron chi connectivity index (χ2n) is 5.79. The summed E-state index contributed by atoms with van der Waals surface area (Å²) in [6, 6.07) is 4.11. The Morgan fingerprint density at radius 2 is 2.11 bits per heavy atom. The van der Waals surface area contributed by atoms with E-state index in [0.29, 0.717) is 12.0 Å². The Morgan fingerprint density at radius 3 is 2.89 bits per heavy atom. The fraction of sp³-hybridized carbons (Fsp3) is 0.667. The maximum Gasteiger partial charge on any atom is 0.250 e. The molecule has 1 aromatic rings. The highest BCUT2D eigenvalue weighted by atomic mass is 16.1. The van der Waals surface area contributed by atoms with Gasteiger partial charge in [-0.3, -0.25) is 4.79 Å². The van der Waals surface area contributed by atoms with Crippen LogP contribution in [0.2, 0.25) is 0 Å². The van der Waals surface area contributed by atoms with Gasteiger partial charge >= 0.3 is 0 Å². The van der Waals surface area contributed by atoms with E-state index >= 15 is 0 Å². The number of hydrogen-bond donors (Lipinski definition) is 1. The molecule has 1 heterocycles. The highest BCUT2D eigenvalue weighted by Gasteiger charge is 2.24. The Bertz CT molecular complexity index is 492. The van der Waals surface area contributed by atoms with E-state index in [9.17, 15) is 4.79 Å². The molecule has 3 nitrogen and oxygen atoms in total. The summed E-state index contributed by atoms with van der Waals surface area (Å²) in [5.74, 6) is 0.620. The van der Waals surface area contributed by atoms with E-state index in [1.807, 2.05) is 10.6 Å². The number of rotatable bonds is 3. The lowest BCUT2D eigenvalue weighted by Crippen LogP contribution is -2.28. The van der Waals surface area contributed by atoms with Crippen molar-refractivity contribution in [2.75, 3.05) is 0 Å². The van der Waals surface area contributed by atoms with Crippen LogP contribution in [0.1, 0.15) is 43.4 Å². The van der Waals surface area contributed by atoms with Crippen molar-refractivity contribution in [3.05, 3.63) is 33.7 Å². The lowest BCUT2D eigenvalue weighted by Gasteiger charge is -2.17. The molecule has 2 aliphatic carbocycles. The van der Waals surface area contributed by atoms with Gasteiger partial charge in [0.05, 0.1) is 0 Å². The zero-order valence-corrected chi connectivity index (χ0v) is 10.9. The van der Waals surface area contributed by atoms with Crippen LogP contribution in [0.5, 0.6) is 0 Å². The van der Waals surface area contributed by atoms with Crippen LogP contribution >= 0.6 is 0 Å². The number of nitrogens with zero attached hydrogens (tertiary/aromatic N) is 1. The van der Waals surface area contributed by atoms with Crippen LogP contribution in [0, 0.1) is 5.92 Å². The Kier molecular flexibility index (Phi) is 3.25. The minimum absolute atomic E-state index is 0.169. The third-order valence-corrected chi connectivity index (χ3v) is 4.69. The van der Waals surface area contributed by atoms with Crippen LogP contribution in [0.25, 0.3) is 0 Å². The van der Waals surface area contributed by atoms with Crippen LogP contribution < -0.4 is 11.3 Å². The summed E-state index contributed by atoms with van der Waals surface area (Å²) >= 11 is 0. The van der Waals surface area contributed by atoms with E-state index in [2.05, 4.69) is 0 Å². The molecular weight excluding hydrogens is 224 g/mol. The molecule has 2 N–H and O–H groups in total. The summed E-state index contributed by atoms with van der Waals surface area (Å²) < 4.78 is 2.01. The minimum Gasteiger partial charge on any atom is -0.327 e. The van der Waals surface area contributed by atoms with E-state index in [1.165, 1.54) is 30.5 Å². The highest BCUT2D eigenvalue weighted by molar-refractivity contribution is 5.25. The molecular formula is C15H22N2O. The SMILES string of the molecule is NC1CCCC1CCn1c2c(ccc1=O)CCC2. The lowest BCUT2D eigenvalue weighted by atomic mass is 10.00. The van der Waals surface area contributed by atoms with Gasteiger partial charge in [0.25, 0.3) is 5.56 Å². The number of hydrogen-bond acceptors (Lipinski definition) is 2. The number of pyridine rings is 1. The van der Waals surface area contributed by atoms with Gasteiger partial charge in [0.2, 0.25) is 0 Å². The Labute approximate surface area is 108 Å². The van der Waals surface area contributed by atoms with Gasteiger partial charge in [-0.15, -0.1) is 0 Å². The van der Waals surface area contributed by atoms with Crippen LogP contribution in [-0.4, -0.2) is 10.6 Å². The molecule has 0 radical (unpaired) electrons. The van der Waals surface area contributed by atoms with Gasteiger partial charge in [-0.2, -0.15) is 0 Å². The molecule has 2 atom stereocenters. The fourth-order valence-electron chi connectivity index (χ4n) is 3.60. The Morgan fingerprint density at radius 1 is 1.22 bits per heavy atom. The van der Waals surface area contributed by atoms with Crippen molar-refractivity contribution in [2.24, 2.45) is 11.7 Å². The summed E-state index contributed by atoms with van der Waals surface area (Å²) in [5.41, 5.74) is 8.94. The maximum atomic E-state index is 12.0. The third-order valence-electron chi connectivity index (χ3n) is 4.69. The van der Waals surface area contributed by atoms with Gasteiger partial charge in [-0.05, 0) is 50.0 Å². The summed E-state index contributed by atoms with van der Waals surface area (Å²) in [4.78, 5) is 12.0. The van der Waals surface area contributed by atoms with E-state index in [0.717, 1.165) is 32.2 Å². The normalized spacial score (nSPS) is 26.5. The predicted molar refractivity (Wildman–Crippen MR) is 72.7 cm³/mol. The average Bonchev–Trinajstić information content (AvgIpc) is 2.97. The zero-order valence-electron chi connectivity index (χ0n) is 10.9. The molecule has 18 heavy (non-hydrogen) atoms. The largest absolute Gasteiger partial charge is 0.327 e. The second-order valence-corrected chi connectivity index (χ2v) is 5.79. The smallest absolute Gasteiger partial charge is 0.250 e. The maximum absolute atomic E-state index is 12.0. The fourth-order valence-corrected chi connectivity index (χ4v) is 3.60. The molecule has 0 bridgehead atoms. The van der Waals surface area contributed by atoms with Crippen molar-refractivity contribution in [1.29, 1.82) is 0 Å². The number of fused-ring (bicyclic) bond motifs is 1. The first-order chi connectivity index (χ1) is 8.75. The van der Waals surface area contributed by atoms with Crippen molar-refractivity contribution in [1.82, 2.24) is 4.57 Å². The van der Waals surface area contributed by atoms with E-state index in [-0.39, 0.29) is 5.56 Å². The van der Waals surface area contributed by atoms with Crippen molar-refractivity contribution in [3.63, 3.8) is 0 Å². The van der Waals surface area contributed by atoms with Crippen LogP contribution in [0.3, 0.4) is 0 Å². The summed E-state index contributed by atoms with van der Waals surface area (Å²) in [5, 5.41) is 0. The molecule has 3 heteroatoms. The second kappa shape index (κ2) is 4.88. The standard InChI is InChI=1S/C15H22N2O/c16-13-5-1-3-11(13)9-10-17-14-6-2-4-12(14)7-8-15(17)18/h7-8,11,13H,1-6,9-10,16H2. The van der Waals surface area contributed by atoms with Gasteiger partial charge in [0, 0.05) is 24.3 Å². The molecule has 0 amide bonds. The van der Waals surface area contributed by atoms with E-state index < -0.39 is 0 Å². The quantitative estimate of drug-likeness (QED) is 0.885. The van der Waals surface area contributed by atoms with Gasteiger partial charge in [-0.25, -0.2) is 0 Å². The predicted octanol–water partition coefficient (Wildman–Crippen LogP) is 1.85. The summed E-state index contributed by atoms with van der Waals surface area (Å²) in [7, 11) is 0. The molecule has 1 fully saturated rings. The Balaban J connectivity index is 1.76. The van der Waals surface area contributed by atoms with Crippen LogP contribution in [-0.2, 0) is 19.4 Å². The molecule has 0 aliphatic heterocycles. The van der Waals surface area contributed by atoms with Gasteiger partial charge in [-0.1, -0.05) is 12.5 Å². The molecule has 3 rings (SSSR count). The van der Waals surface area contributed by atoms with Crippen LogP contribution in [0.4, 0.5) is 0 Å². The molecule has 2 aliphatic rings. The van der Waals surface area contributed by atoms with Crippen molar-refractivity contribution in [3.8, 4) is 0 Å². The van der Waals surface area contributed by atoms with Gasteiger partial charge in [0.15, 0.2) is 0 Å². The van der Waals surface area contributed by atoms with E-state index in [4.69, 9.17) is 5.73 Å².